The van der Waals surface area contributed by atoms with Gasteiger partial charge in [0.1, 0.15) is 0 Å². The van der Waals surface area contributed by atoms with Crippen LogP contribution in [-0.2, 0) is 6.42 Å². The highest BCUT2D eigenvalue weighted by Gasteiger charge is 2.35. The summed E-state index contributed by atoms with van der Waals surface area (Å²) in [6.07, 6.45) is -1.23. The van der Waals surface area contributed by atoms with Crippen molar-refractivity contribution in [1.29, 1.82) is 0 Å². The second-order valence-corrected chi connectivity index (χ2v) is 5.82. The Kier molecular flexibility index (Phi) is 4.95. The number of aliphatic hydroxyl groups is 1. The lowest BCUT2D eigenvalue weighted by Crippen LogP contribution is -2.55. The molecule has 0 spiro atoms. The average Bonchev–Trinajstić information content (AvgIpc) is 2.27. The van der Waals surface area contributed by atoms with E-state index in [1.54, 1.807) is 6.92 Å². The number of benzene rings is 1. The van der Waals surface area contributed by atoms with Crippen LogP contribution in [0.4, 0.5) is 4.79 Å². The fraction of sp³-hybridized carbons (Fsp3) is 0.533. The number of nitrogens with zero attached hydrogens (tertiary/aromatic N) is 1. The van der Waals surface area contributed by atoms with Crippen molar-refractivity contribution in [2.24, 2.45) is 0 Å². The first kappa shape index (κ1) is 15.5. The molecule has 0 saturated carbocycles. The number of hydrogen-bond acceptors (Lipinski definition) is 2. The van der Waals surface area contributed by atoms with E-state index in [1.165, 1.54) is 4.90 Å². The smallest absolute Gasteiger partial charge is 0.408 e. The Labute approximate surface area is 114 Å². The van der Waals surface area contributed by atoms with Gasteiger partial charge in [-0.05, 0) is 39.7 Å². The standard InChI is InChI=1S/C15H23NO3/c1-11(17)13(10-12-8-6-5-7-9-12)16(14(18)19)15(2,3)4/h5-9,11,13,17H,10H2,1-4H3,(H,18,19)/t11-,13-/m0/s1. The summed E-state index contributed by atoms with van der Waals surface area (Å²) in [5.74, 6) is 0. The Hall–Kier alpha value is -1.55. The van der Waals surface area contributed by atoms with Gasteiger partial charge < -0.3 is 10.2 Å². The summed E-state index contributed by atoms with van der Waals surface area (Å²) in [4.78, 5) is 12.8. The third kappa shape index (κ3) is 4.24. The summed E-state index contributed by atoms with van der Waals surface area (Å²) in [6.45, 7) is 7.14. The van der Waals surface area contributed by atoms with Crippen LogP contribution in [0.5, 0.6) is 0 Å². The maximum Gasteiger partial charge on any atom is 0.408 e. The Morgan fingerprint density at radius 1 is 1.26 bits per heavy atom. The van der Waals surface area contributed by atoms with Gasteiger partial charge in [0, 0.05) is 5.54 Å². The number of carboxylic acid groups (broad SMARTS) is 1. The van der Waals surface area contributed by atoms with Gasteiger partial charge in [0.25, 0.3) is 0 Å². The maximum absolute atomic E-state index is 11.5. The predicted molar refractivity (Wildman–Crippen MR) is 75.2 cm³/mol. The third-order valence-corrected chi connectivity index (χ3v) is 3.10. The molecule has 106 valence electrons. The molecule has 0 saturated heterocycles. The van der Waals surface area contributed by atoms with E-state index < -0.39 is 23.8 Å². The van der Waals surface area contributed by atoms with Crippen LogP contribution in [0.15, 0.2) is 30.3 Å². The molecule has 1 amide bonds. The van der Waals surface area contributed by atoms with Crippen molar-refractivity contribution < 1.29 is 15.0 Å². The molecule has 2 N–H and O–H groups in total. The molecule has 0 aliphatic rings. The van der Waals surface area contributed by atoms with Crippen LogP contribution in [-0.4, -0.2) is 38.9 Å². The van der Waals surface area contributed by atoms with Crippen LogP contribution < -0.4 is 0 Å². The molecule has 0 aromatic heterocycles. The van der Waals surface area contributed by atoms with E-state index in [1.807, 2.05) is 51.1 Å². The molecule has 0 aliphatic carbocycles. The predicted octanol–water partition coefficient (Wildman–Crippen LogP) is 2.76. The monoisotopic (exact) mass is 265 g/mol. The van der Waals surface area contributed by atoms with Crippen molar-refractivity contribution in [3.05, 3.63) is 35.9 Å². The van der Waals surface area contributed by atoms with Gasteiger partial charge in [-0.25, -0.2) is 4.79 Å². The lowest BCUT2D eigenvalue weighted by molar-refractivity contribution is 0.0145. The molecular formula is C15H23NO3. The van der Waals surface area contributed by atoms with E-state index in [0.29, 0.717) is 6.42 Å². The van der Waals surface area contributed by atoms with Gasteiger partial charge in [-0.1, -0.05) is 30.3 Å². The maximum atomic E-state index is 11.5. The van der Waals surface area contributed by atoms with Gasteiger partial charge in [0.2, 0.25) is 0 Å². The number of carbonyl (C=O) groups is 1. The van der Waals surface area contributed by atoms with E-state index >= 15 is 0 Å². The number of rotatable bonds is 4. The van der Waals surface area contributed by atoms with E-state index in [9.17, 15) is 15.0 Å². The molecule has 4 nitrogen and oxygen atoms in total. The van der Waals surface area contributed by atoms with E-state index in [2.05, 4.69) is 0 Å². The largest absolute Gasteiger partial charge is 0.465 e. The van der Waals surface area contributed by atoms with Crippen molar-refractivity contribution in [3.63, 3.8) is 0 Å². The van der Waals surface area contributed by atoms with Crippen LogP contribution in [0.2, 0.25) is 0 Å². The Bertz CT molecular complexity index is 409. The van der Waals surface area contributed by atoms with Crippen LogP contribution in [0.3, 0.4) is 0 Å². The molecule has 4 heteroatoms. The highest BCUT2D eigenvalue weighted by atomic mass is 16.4. The second-order valence-electron chi connectivity index (χ2n) is 5.82. The minimum Gasteiger partial charge on any atom is -0.465 e. The summed E-state index contributed by atoms with van der Waals surface area (Å²) in [5, 5.41) is 19.4. The van der Waals surface area contributed by atoms with Gasteiger partial charge in [-0.15, -0.1) is 0 Å². The van der Waals surface area contributed by atoms with Crippen molar-refractivity contribution in [3.8, 4) is 0 Å². The molecular weight excluding hydrogens is 242 g/mol. The van der Waals surface area contributed by atoms with Crippen molar-refractivity contribution >= 4 is 6.09 Å². The summed E-state index contributed by atoms with van der Waals surface area (Å²) in [7, 11) is 0. The molecule has 1 rings (SSSR count). The van der Waals surface area contributed by atoms with E-state index in [0.717, 1.165) is 5.56 Å². The number of amides is 1. The summed E-state index contributed by atoms with van der Waals surface area (Å²) in [6, 6.07) is 9.17. The molecule has 0 unspecified atom stereocenters. The number of hydrogen-bond donors (Lipinski definition) is 2. The quantitative estimate of drug-likeness (QED) is 0.880. The zero-order valence-corrected chi connectivity index (χ0v) is 12.0. The average molecular weight is 265 g/mol. The van der Waals surface area contributed by atoms with Gasteiger partial charge in [-0.2, -0.15) is 0 Å². The van der Waals surface area contributed by atoms with Gasteiger partial charge in [-0.3, -0.25) is 4.90 Å². The topological polar surface area (TPSA) is 60.8 Å². The second kappa shape index (κ2) is 6.06. The Balaban J connectivity index is 3.02. The Morgan fingerprint density at radius 2 is 1.79 bits per heavy atom. The van der Waals surface area contributed by atoms with E-state index in [4.69, 9.17) is 0 Å². The zero-order valence-electron chi connectivity index (χ0n) is 12.0. The molecule has 0 aliphatic heterocycles. The van der Waals surface area contributed by atoms with Gasteiger partial charge >= 0.3 is 6.09 Å². The summed E-state index contributed by atoms with van der Waals surface area (Å²) < 4.78 is 0. The Morgan fingerprint density at radius 3 is 2.16 bits per heavy atom. The van der Waals surface area contributed by atoms with Gasteiger partial charge in [0.05, 0.1) is 12.1 Å². The minimum atomic E-state index is -1.01. The van der Waals surface area contributed by atoms with Crippen LogP contribution in [0.1, 0.15) is 33.3 Å². The first-order valence-electron chi connectivity index (χ1n) is 6.47. The van der Waals surface area contributed by atoms with Crippen LogP contribution in [0, 0.1) is 0 Å². The molecule has 0 heterocycles. The molecule has 19 heavy (non-hydrogen) atoms. The highest BCUT2D eigenvalue weighted by molar-refractivity contribution is 5.66. The number of aliphatic hydroxyl groups excluding tert-OH is 1. The van der Waals surface area contributed by atoms with Crippen molar-refractivity contribution in [2.45, 2.75) is 51.8 Å². The molecule has 1 aromatic carbocycles. The lowest BCUT2D eigenvalue weighted by Gasteiger charge is -2.41. The highest BCUT2D eigenvalue weighted by Crippen LogP contribution is 2.22. The normalized spacial score (nSPS) is 14.8. The zero-order chi connectivity index (χ0) is 14.6. The fourth-order valence-electron chi connectivity index (χ4n) is 2.26. The molecule has 0 radical (unpaired) electrons. The lowest BCUT2D eigenvalue weighted by atomic mass is 9.95. The third-order valence-electron chi connectivity index (χ3n) is 3.10. The first-order chi connectivity index (χ1) is 8.73. The SMILES string of the molecule is C[C@H](O)[C@H](Cc1ccccc1)N(C(=O)O)C(C)(C)C. The molecule has 1 aromatic rings. The van der Waals surface area contributed by atoms with Crippen molar-refractivity contribution in [2.75, 3.05) is 0 Å². The van der Waals surface area contributed by atoms with Gasteiger partial charge in [0.15, 0.2) is 0 Å². The molecule has 0 bridgehead atoms. The molecule has 0 fully saturated rings. The fourth-order valence-corrected chi connectivity index (χ4v) is 2.26. The first-order valence-corrected chi connectivity index (χ1v) is 6.47. The molecule has 2 atom stereocenters. The summed E-state index contributed by atoms with van der Waals surface area (Å²) >= 11 is 0. The summed E-state index contributed by atoms with van der Waals surface area (Å²) in [5.41, 5.74) is 0.464. The van der Waals surface area contributed by atoms with Crippen LogP contribution >= 0.6 is 0 Å². The van der Waals surface area contributed by atoms with Crippen LogP contribution in [0.25, 0.3) is 0 Å². The van der Waals surface area contributed by atoms with Crippen molar-refractivity contribution in [1.82, 2.24) is 4.90 Å². The minimum absolute atomic E-state index is 0.458. The van der Waals surface area contributed by atoms with E-state index in [-0.39, 0.29) is 0 Å².